The largest absolute Gasteiger partial charge is 0.294 e. The van der Waals surface area contributed by atoms with E-state index >= 15 is 0 Å². The van der Waals surface area contributed by atoms with E-state index in [0.717, 1.165) is 5.56 Å². The number of nitrogens with zero attached hydrogens (tertiary/aromatic N) is 3. The van der Waals surface area contributed by atoms with Crippen molar-refractivity contribution in [3.8, 4) is 0 Å². The first-order valence-corrected chi connectivity index (χ1v) is 6.85. The van der Waals surface area contributed by atoms with Gasteiger partial charge in [-0.25, -0.2) is 0 Å². The maximum Gasteiger partial charge on any atom is 0.178 e. The Morgan fingerprint density at radius 1 is 1.40 bits per heavy atom. The molecule has 0 spiro atoms. The summed E-state index contributed by atoms with van der Waals surface area (Å²) in [6.45, 7) is 0.945. The minimum absolute atomic E-state index is 0.0296. The second kappa shape index (κ2) is 6.39. The van der Waals surface area contributed by atoms with E-state index in [1.54, 1.807) is 29.1 Å². The van der Waals surface area contributed by atoms with Gasteiger partial charge < -0.3 is 0 Å². The van der Waals surface area contributed by atoms with Gasteiger partial charge in [0.25, 0.3) is 0 Å². The number of carbonyl (C=O) groups is 1. The monoisotopic (exact) mass is 311 g/mol. The van der Waals surface area contributed by atoms with Crippen LogP contribution >= 0.6 is 23.2 Å². The van der Waals surface area contributed by atoms with Gasteiger partial charge in [-0.15, -0.1) is 0 Å². The fraction of sp³-hybridized carbons (Fsp3) is 0.286. The fourth-order valence-electron chi connectivity index (χ4n) is 1.97. The van der Waals surface area contributed by atoms with Gasteiger partial charge in [-0.3, -0.25) is 14.4 Å². The lowest BCUT2D eigenvalue weighted by atomic mass is 10.1. The Labute approximate surface area is 127 Å². The molecule has 0 radical (unpaired) electrons. The number of halogens is 2. The van der Waals surface area contributed by atoms with E-state index < -0.39 is 0 Å². The van der Waals surface area contributed by atoms with Crippen LogP contribution in [0.1, 0.15) is 15.9 Å². The van der Waals surface area contributed by atoms with Crippen LogP contribution < -0.4 is 0 Å². The van der Waals surface area contributed by atoms with Crippen LogP contribution in [0.25, 0.3) is 0 Å². The van der Waals surface area contributed by atoms with Gasteiger partial charge in [0, 0.05) is 35.9 Å². The molecule has 0 fully saturated rings. The molecule has 0 atom stereocenters. The predicted octanol–water partition coefficient (Wildman–Crippen LogP) is 3.04. The number of Topliss-reactive ketones (excluding diaryl/α,β-unsaturated/α-hetero) is 1. The van der Waals surface area contributed by atoms with E-state index in [4.69, 9.17) is 23.2 Å². The highest BCUT2D eigenvalue weighted by Crippen LogP contribution is 2.21. The Morgan fingerprint density at radius 3 is 2.75 bits per heavy atom. The molecule has 4 nitrogen and oxygen atoms in total. The third-order valence-electron chi connectivity index (χ3n) is 2.86. The SMILES string of the molecule is CN(CC(=O)c1ccc(Cl)cc1Cl)Cc1cnn(C)c1. The van der Waals surface area contributed by atoms with Crippen LogP contribution in [0.3, 0.4) is 0 Å². The lowest BCUT2D eigenvalue weighted by Crippen LogP contribution is -2.25. The number of benzene rings is 1. The van der Waals surface area contributed by atoms with Crippen LogP contribution in [0.4, 0.5) is 0 Å². The normalized spacial score (nSPS) is 11.1. The van der Waals surface area contributed by atoms with E-state index in [1.807, 2.05) is 25.2 Å². The topological polar surface area (TPSA) is 38.1 Å². The molecule has 20 heavy (non-hydrogen) atoms. The third kappa shape index (κ3) is 3.82. The number of ketones is 1. The quantitative estimate of drug-likeness (QED) is 0.797. The first kappa shape index (κ1) is 15.0. The van der Waals surface area contributed by atoms with Crippen LogP contribution in [0.5, 0.6) is 0 Å². The van der Waals surface area contributed by atoms with Gasteiger partial charge >= 0.3 is 0 Å². The van der Waals surface area contributed by atoms with Crippen molar-refractivity contribution >= 4 is 29.0 Å². The Bertz CT molecular complexity index is 625. The van der Waals surface area contributed by atoms with Crippen molar-refractivity contribution in [2.75, 3.05) is 13.6 Å². The molecule has 0 saturated heterocycles. The number of hydrogen-bond donors (Lipinski definition) is 0. The van der Waals surface area contributed by atoms with Crippen molar-refractivity contribution in [2.45, 2.75) is 6.54 Å². The molecular weight excluding hydrogens is 297 g/mol. The Morgan fingerprint density at radius 2 is 2.15 bits per heavy atom. The van der Waals surface area contributed by atoms with Crippen LogP contribution in [0, 0.1) is 0 Å². The molecular formula is C14H15Cl2N3O. The van der Waals surface area contributed by atoms with E-state index in [-0.39, 0.29) is 12.3 Å². The number of likely N-dealkylation sites (N-methyl/N-ethyl adjacent to an activating group) is 1. The van der Waals surface area contributed by atoms with Crippen molar-refractivity contribution in [1.82, 2.24) is 14.7 Å². The van der Waals surface area contributed by atoms with Crippen molar-refractivity contribution in [3.05, 3.63) is 51.8 Å². The van der Waals surface area contributed by atoms with Gasteiger partial charge in [-0.1, -0.05) is 23.2 Å². The molecule has 0 bridgehead atoms. The molecule has 1 aromatic heterocycles. The van der Waals surface area contributed by atoms with Crippen molar-refractivity contribution in [2.24, 2.45) is 7.05 Å². The molecule has 0 aliphatic carbocycles. The van der Waals surface area contributed by atoms with E-state index in [1.165, 1.54) is 0 Å². The van der Waals surface area contributed by atoms with Crippen LogP contribution in [0.15, 0.2) is 30.6 Å². The van der Waals surface area contributed by atoms with E-state index in [0.29, 0.717) is 22.2 Å². The molecule has 0 aliphatic heterocycles. The first-order valence-electron chi connectivity index (χ1n) is 6.10. The molecule has 1 aromatic carbocycles. The molecule has 106 valence electrons. The molecule has 0 saturated carbocycles. The van der Waals surface area contributed by atoms with Gasteiger partial charge in [0.15, 0.2) is 5.78 Å². The van der Waals surface area contributed by atoms with Crippen molar-refractivity contribution in [3.63, 3.8) is 0 Å². The summed E-state index contributed by atoms with van der Waals surface area (Å²) in [4.78, 5) is 14.1. The van der Waals surface area contributed by atoms with Crippen LogP contribution in [-0.4, -0.2) is 34.1 Å². The van der Waals surface area contributed by atoms with E-state index in [9.17, 15) is 4.79 Å². The smallest absolute Gasteiger partial charge is 0.178 e. The summed E-state index contributed by atoms with van der Waals surface area (Å²) < 4.78 is 1.74. The zero-order valence-corrected chi connectivity index (χ0v) is 12.8. The van der Waals surface area contributed by atoms with Crippen molar-refractivity contribution < 1.29 is 4.79 Å². The average Bonchev–Trinajstić information content (AvgIpc) is 2.74. The Balaban J connectivity index is 2.00. The molecule has 2 aromatic rings. The number of aromatic nitrogens is 2. The molecule has 0 aliphatic rings. The Hall–Kier alpha value is -1.36. The zero-order valence-electron chi connectivity index (χ0n) is 11.3. The summed E-state index contributed by atoms with van der Waals surface area (Å²) >= 11 is 11.9. The van der Waals surface area contributed by atoms with Gasteiger partial charge in [-0.2, -0.15) is 5.10 Å². The fourth-order valence-corrected chi connectivity index (χ4v) is 2.48. The lowest BCUT2D eigenvalue weighted by molar-refractivity contribution is 0.0943. The summed E-state index contributed by atoms with van der Waals surface area (Å²) in [6, 6.07) is 4.91. The molecule has 0 N–H and O–H groups in total. The lowest BCUT2D eigenvalue weighted by Gasteiger charge is -2.15. The first-order chi connectivity index (χ1) is 9.45. The number of carbonyl (C=O) groups excluding carboxylic acids is 1. The van der Waals surface area contributed by atoms with Crippen molar-refractivity contribution in [1.29, 1.82) is 0 Å². The highest BCUT2D eigenvalue weighted by atomic mass is 35.5. The maximum absolute atomic E-state index is 12.2. The maximum atomic E-state index is 12.2. The van der Waals surface area contributed by atoms with Gasteiger partial charge in [-0.05, 0) is 25.2 Å². The molecule has 0 unspecified atom stereocenters. The van der Waals surface area contributed by atoms with Crippen LogP contribution in [0.2, 0.25) is 10.0 Å². The zero-order chi connectivity index (χ0) is 14.7. The van der Waals surface area contributed by atoms with E-state index in [2.05, 4.69) is 5.10 Å². The predicted molar refractivity (Wildman–Crippen MR) is 80.3 cm³/mol. The summed E-state index contributed by atoms with van der Waals surface area (Å²) in [7, 11) is 3.75. The third-order valence-corrected chi connectivity index (χ3v) is 3.40. The summed E-state index contributed by atoms with van der Waals surface area (Å²) in [5.41, 5.74) is 1.55. The summed E-state index contributed by atoms with van der Waals surface area (Å²) in [5, 5.41) is 5.01. The average molecular weight is 312 g/mol. The highest BCUT2D eigenvalue weighted by Gasteiger charge is 2.13. The number of aryl methyl sites for hydroxylation is 1. The second-order valence-corrected chi connectivity index (χ2v) is 5.59. The Kier molecular flexibility index (Phi) is 4.81. The summed E-state index contributed by atoms with van der Waals surface area (Å²) in [5.74, 6) is -0.0296. The number of hydrogen-bond acceptors (Lipinski definition) is 3. The van der Waals surface area contributed by atoms with Gasteiger partial charge in [0.1, 0.15) is 0 Å². The minimum atomic E-state index is -0.0296. The molecule has 1 heterocycles. The van der Waals surface area contributed by atoms with Crippen LogP contribution in [-0.2, 0) is 13.6 Å². The second-order valence-electron chi connectivity index (χ2n) is 4.74. The molecule has 6 heteroatoms. The van der Waals surface area contributed by atoms with Gasteiger partial charge in [0.2, 0.25) is 0 Å². The molecule has 2 rings (SSSR count). The summed E-state index contributed by atoms with van der Waals surface area (Å²) in [6.07, 6.45) is 3.71. The number of rotatable bonds is 5. The molecule has 0 amide bonds. The standard InChI is InChI=1S/C14H15Cl2N3O/c1-18(7-10-6-17-19(2)8-10)9-14(20)12-4-3-11(15)5-13(12)16/h3-6,8H,7,9H2,1-2H3. The minimum Gasteiger partial charge on any atom is -0.294 e. The highest BCUT2D eigenvalue weighted by molar-refractivity contribution is 6.36. The van der Waals surface area contributed by atoms with Gasteiger partial charge in [0.05, 0.1) is 17.8 Å².